The third-order valence-electron chi connectivity index (χ3n) is 4.88. The fourth-order valence-corrected chi connectivity index (χ4v) is 4.29. The lowest BCUT2D eigenvalue weighted by Crippen LogP contribution is -2.21. The van der Waals surface area contributed by atoms with Crippen LogP contribution in [0.1, 0.15) is 18.1 Å². The standard InChI is InChI=1S/C25H22BrN5OS/c1-17-11-13-22(14-12-17)31-24(19-7-4-3-5-8-19)29-30-25(31)33-16-23(32)28-27-18(2)20-9-6-10-21(26)15-20/h3-15H,16H2,1-2H3,(H,28,32). The van der Waals surface area contributed by atoms with Gasteiger partial charge in [0.15, 0.2) is 11.0 Å². The topological polar surface area (TPSA) is 72.2 Å². The van der Waals surface area contributed by atoms with Gasteiger partial charge in [-0.3, -0.25) is 9.36 Å². The molecule has 1 heterocycles. The summed E-state index contributed by atoms with van der Waals surface area (Å²) < 4.78 is 2.93. The van der Waals surface area contributed by atoms with E-state index in [4.69, 9.17) is 0 Å². The second-order valence-electron chi connectivity index (χ2n) is 7.37. The van der Waals surface area contributed by atoms with Gasteiger partial charge in [-0.25, -0.2) is 5.43 Å². The number of hydrogen-bond acceptors (Lipinski definition) is 5. The van der Waals surface area contributed by atoms with E-state index < -0.39 is 0 Å². The van der Waals surface area contributed by atoms with Crippen LogP contribution in [0.15, 0.2) is 93.6 Å². The number of halogens is 1. The van der Waals surface area contributed by atoms with E-state index in [-0.39, 0.29) is 11.7 Å². The van der Waals surface area contributed by atoms with Gasteiger partial charge in [-0.2, -0.15) is 5.10 Å². The van der Waals surface area contributed by atoms with Gasteiger partial charge in [0.1, 0.15) is 0 Å². The Morgan fingerprint density at radius 2 is 1.79 bits per heavy atom. The molecule has 0 aliphatic carbocycles. The zero-order valence-electron chi connectivity index (χ0n) is 18.2. The van der Waals surface area contributed by atoms with Crippen molar-refractivity contribution in [1.82, 2.24) is 20.2 Å². The summed E-state index contributed by atoms with van der Waals surface area (Å²) in [7, 11) is 0. The van der Waals surface area contributed by atoms with Crippen LogP contribution in [0.5, 0.6) is 0 Å². The highest BCUT2D eigenvalue weighted by Gasteiger charge is 2.17. The minimum absolute atomic E-state index is 0.161. The summed E-state index contributed by atoms with van der Waals surface area (Å²) >= 11 is 4.77. The van der Waals surface area contributed by atoms with E-state index in [9.17, 15) is 4.79 Å². The Morgan fingerprint density at radius 3 is 2.52 bits per heavy atom. The summed E-state index contributed by atoms with van der Waals surface area (Å²) in [5.74, 6) is 0.675. The fourth-order valence-electron chi connectivity index (χ4n) is 3.15. The second kappa shape index (κ2) is 10.6. The minimum Gasteiger partial charge on any atom is -0.272 e. The lowest BCUT2D eigenvalue weighted by Gasteiger charge is -2.10. The zero-order chi connectivity index (χ0) is 23.2. The maximum absolute atomic E-state index is 12.5. The van der Waals surface area contributed by atoms with E-state index in [1.807, 2.05) is 97.3 Å². The molecular formula is C25H22BrN5OS. The molecule has 0 aliphatic rings. The molecule has 0 radical (unpaired) electrons. The van der Waals surface area contributed by atoms with E-state index >= 15 is 0 Å². The molecule has 33 heavy (non-hydrogen) atoms. The van der Waals surface area contributed by atoms with Gasteiger partial charge in [-0.1, -0.05) is 87.9 Å². The van der Waals surface area contributed by atoms with Crippen LogP contribution in [0, 0.1) is 6.92 Å². The molecule has 6 nitrogen and oxygen atoms in total. The number of nitrogens with one attached hydrogen (secondary N) is 1. The molecule has 1 amide bonds. The van der Waals surface area contributed by atoms with E-state index in [0.717, 1.165) is 32.8 Å². The molecule has 3 aromatic carbocycles. The van der Waals surface area contributed by atoms with E-state index in [1.54, 1.807) is 0 Å². The number of rotatable bonds is 7. The molecule has 8 heteroatoms. The average molecular weight is 520 g/mol. The Morgan fingerprint density at radius 1 is 1.03 bits per heavy atom. The third-order valence-corrected chi connectivity index (χ3v) is 6.30. The molecule has 1 N–H and O–H groups in total. The highest BCUT2D eigenvalue weighted by Crippen LogP contribution is 2.28. The summed E-state index contributed by atoms with van der Waals surface area (Å²) in [5, 5.41) is 13.7. The van der Waals surface area contributed by atoms with Crippen molar-refractivity contribution >= 4 is 39.3 Å². The Bertz CT molecular complexity index is 1290. The van der Waals surface area contributed by atoms with Crippen molar-refractivity contribution in [1.29, 1.82) is 0 Å². The van der Waals surface area contributed by atoms with Gasteiger partial charge in [-0.05, 0) is 43.7 Å². The highest BCUT2D eigenvalue weighted by atomic mass is 79.9. The van der Waals surface area contributed by atoms with Crippen molar-refractivity contribution < 1.29 is 4.79 Å². The minimum atomic E-state index is -0.214. The van der Waals surface area contributed by atoms with Gasteiger partial charge in [0.25, 0.3) is 5.91 Å². The molecule has 0 bridgehead atoms. The summed E-state index contributed by atoms with van der Waals surface area (Å²) in [4.78, 5) is 12.5. The van der Waals surface area contributed by atoms with Crippen molar-refractivity contribution in [3.63, 3.8) is 0 Å². The van der Waals surface area contributed by atoms with Crippen LogP contribution >= 0.6 is 27.7 Å². The van der Waals surface area contributed by atoms with Gasteiger partial charge >= 0.3 is 0 Å². The largest absolute Gasteiger partial charge is 0.272 e. The van der Waals surface area contributed by atoms with Gasteiger partial charge in [0.2, 0.25) is 0 Å². The van der Waals surface area contributed by atoms with Crippen molar-refractivity contribution in [3.05, 3.63) is 94.5 Å². The van der Waals surface area contributed by atoms with Crippen LogP contribution in [0.2, 0.25) is 0 Å². The quantitative estimate of drug-likeness (QED) is 0.195. The average Bonchev–Trinajstić information content (AvgIpc) is 3.26. The lowest BCUT2D eigenvalue weighted by molar-refractivity contribution is -0.118. The number of aryl methyl sites for hydroxylation is 1. The smallest absolute Gasteiger partial charge is 0.250 e. The van der Waals surface area contributed by atoms with Crippen molar-refractivity contribution in [2.45, 2.75) is 19.0 Å². The number of nitrogens with zero attached hydrogens (tertiary/aromatic N) is 4. The number of thioether (sulfide) groups is 1. The van der Waals surface area contributed by atoms with Crippen LogP contribution in [0.25, 0.3) is 17.1 Å². The zero-order valence-corrected chi connectivity index (χ0v) is 20.6. The number of hydrogen-bond donors (Lipinski definition) is 1. The first-order valence-corrected chi connectivity index (χ1v) is 12.1. The third kappa shape index (κ3) is 5.77. The lowest BCUT2D eigenvalue weighted by atomic mass is 10.1. The number of carbonyl (C=O) groups excluding carboxylic acids is 1. The molecule has 4 aromatic rings. The van der Waals surface area contributed by atoms with Gasteiger partial charge < -0.3 is 0 Å². The van der Waals surface area contributed by atoms with E-state index in [1.165, 1.54) is 17.3 Å². The predicted molar refractivity (Wildman–Crippen MR) is 137 cm³/mol. The van der Waals surface area contributed by atoms with E-state index in [2.05, 4.69) is 36.7 Å². The maximum Gasteiger partial charge on any atom is 0.250 e. The number of aromatic nitrogens is 3. The summed E-state index contributed by atoms with van der Waals surface area (Å²) in [6, 6.07) is 25.8. The molecule has 0 unspecified atom stereocenters. The Hall–Kier alpha value is -3.23. The first-order valence-electron chi connectivity index (χ1n) is 10.3. The molecule has 0 spiro atoms. The number of hydrazone groups is 1. The van der Waals surface area contributed by atoms with Crippen LogP contribution in [-0.2, 0) is 4.79 Å². The molecule has 166 valence electrons. The Kier molecular flexibility index (Phi) is 7.36. The first kappa shape index (κ1) is 22.9. The second-order valence-corrected chi connectivity index (χ2v) is 9.23. The molecule has 0 saturated carbocycles. The first-order chi connectivity index (χ1) is 16.0. The van der Waals surface area contributed by atoms with Gasteiger partial charge in [0.05, 0.1) is 11.5 Å². The molecule has 0 saturated heterocycles. The fraction of sp³-hybridized carbons (Fsp3) is 0.120. The molecule has 1 aromatic heterocycles. The number of carbonyl (C=O) groups is 1. The highest BCUT2D eigenvalue weighted by molar-refractivity contribution is 9.10. The van der Waals surface area contributed by atoms with Gasteiger partial charge in [-0.15, -0.1) is 10.2 Å². The van der Waals surface area contributed by atoms with Gasteiger partial charge in [0, 0.05) is 15.7 Å². The molecule has 0 aliphatic heterocycles. The Balaban J connectivity index is 1.52. The van der Waals surface area contributed by atoms with Crippen LogP contribution in [0.4, 0.5) is 0 Å². The maximum atomic E-state index is 12.5. The number of amides is 1. The summed E-state index contributed by atoms with van der Waals surface area (Å²) in [6.07, 6.45) is 0. The van der Waals surface area contributed by atoms with Crippen molar-refractivity contribution in [2.24, 2.45) is 5.10 Å². The molecule has 0 fully saturated rings. The van der Waals surface area contributed by atoms with Crippen molar-refractivity contribution in [3.8, 4) is 17.1 Å². The van der Waals surface area contributed by atoms with Crippen LogP contribution < -0.4 is 5.43 Å². The molecular weight excluding hydrogens is 498 g/mol. The molecule has 4 rings (SSSR count). The SMILES string of the molecule is CC(=NNC(=O)CSc1nnc(-c2ccccc2)n1-c1ccc(C)cc1)c1cccc(Br)c1. The molecule has 0 atom stereocenters. The van der Waals surface area contributed by atoms with Crippen LogP contribution in [-0.4, -0.2) is 32.1 Å². The summed E-state index contributed by atoms with van der Waals surface area (Å²) in [5.41, 5.74) is 7.35. The summed E-state index contributed by atoms with van der Waals surface area (Å²) in [6.45, 7) is 3.90. The van der Waals surface area contributed by atoms with E-state index in [0.29, 0.717) is 5.16 Å². The normalized spacial score (nSPS) is 11.4. The van der Waals surface area contributed by atoms with Crippen LogP contribution in [0.3, 0.4) is 0 Å². The van der Waals surface area contributed by atoms with Crippen molar-refractivity contribution in [2.75, 3.05) is 5.75 Å². The Labute approximate surface area is 205 Å². The monoisotopic (exact) mass is 519 g/mol. The predicted octanol–water partition coefficient (Wildman–Crippen LogP) is 5.64. The number of benzene rings is 3.